The number of aliphatic hydroxyl groups excluding tert-OH is 1. The Morgan fingerprint density at radius 3 is 1.77 bits per heavy atom. The quantitative estimate of drug-likeness (QED) is 0.712. The fraction of sp³-hybridized carbons (Fsp3) is 1.00. The van der Waals surface area contributed by atoms with Crippen LogP contribution in [0.5, 0.6) is 0 Å². The number of hydrogen-bond donors (Lipinski definition) is 1. The summed E-state index contributed by atoms with van der Waals surface area (Å²) in [6.07, 6.45) is -0.257. The summed E-state index contributed by atoms with van der Waals surface area (Å²) in [6, 6.07) is 0. The molecule has 0 heterocycles. The largest absolute Gasteiger partial charge is 0.391 e. The molecule has 0 saturated heterocycles. The molecule has 0 aliphatic carbocycles. The molecule has 13 heavy (non-hydrogen) atoms. The number of rotatable bonds is 5. The SMILES string of the molecule is CCN(CC)C(C)(C)C(O)C(C)C. The number of aliphatic hydroxyl groups is 1. The first-order valence-electron chi connectivity index (χ1n) is 5.31. The lowest BCUT2D eigenvalue weighted by atomic mass is 9.87. The van der Waals surface area contributed by atoms with Crippen molar-refractivity contribution in [1.29, 1.82) is 0 Å². The second-order valence-corrected chi connectivity index (χ2v) is 4.51. The van der Waals surface area contributed by atoms with Gasteiger partial charge in [-0.15, -0.1) is 0 Å². The molecule has 2 heteroatoms. The van der Waals surface area contributed by atoms with Gasteiger partial charge in [0.25, 0.3) is 0 Å². The molecule has 0 aromatic heterocycles. The Labute approximate surface area is 82.9 Å². The van der Waals surface area contributed by atoms with Crippen LogP contribution in [0.25, 0.3) is 0 Å². The predicted molar refractivity (Wildman–Crippen MR) is 57.8 cm³/mol. The van der Waals surface area contributed by atoms with E-state index in [2.05, 4.69) is 46.4 Å². The van der Waals surface area contributed by atoms with Crippen molar-refractivity contribution in [1.82, 2.24) is 4.90 Å². The van der Waals surface area contributed by atoms with E-state index >= 15 is 0 Å². The smallest absolute Gasteiger partial charge is 0.0741 e. The van der Waals surface area contributed by atoms with Gasteiger partial charge in [0.15, 0.2) is 0 Å². The van der Waals surface area contributed by atoms with Crippen LogP contribution in [0, 0.1) is 5.92 Å². The highest BCUT2D eigenvalue weighted by molar-refractivity contribution is 4.89. The Balaban J connectivity index is 4.51. The van der Waals surface area contributed by atoms with Crippen LogP contribution in [-0.4, -0.2) is 34.7 Å². The van der Waals surface area contributed by atoms with Gasteiger partial charge < -0.3 is 5.11 Å². The fourth-order valence-corrected chi connectivity index (χ4v) is 2.04. The van der Waals surface area contributed by atoms with Crippen LogP contribution in [-0.2, 0) is 0 Å². The second kappa shape index (κ2) is 4.97. The summed E-state index contributed by atoms with van der Waals surface area (Å²) in [4.78, 5) is 2.30. The van der Waals surface area contributed by atoms with E-state index in [-0.39, 0.29) is 11.6 Å². The van der Waals surface area contributed by atoms with Crippen molar-refractivity contribution in [3.63, 3.8) is 0 Å². The predicted octanol–water partition coefficient (Wildman–Crippen LogP) is 2.12. The highest BCUT2D eigenvalue weighted by Crippen LogP contribution is 2.23. The lowest BCUT2D eigenvalue weighted by Crippen LogP contribution is -2.54. The van der Waals surface area contributed by atoms with E-state index in [4.69, 9.17) is 0 Å². The molecule has 0 aromatic carbocycles. The van der Waals surface area contributed by atoms with Crippen LogP contribution >= 0.6 is 0 Å². The summed E-state index contributed by atoms with van der Waals surface area (Å²) in [5.74, 6) is 0.315. The van der Waals surface area contributed by atoms with Crippen LogP contribution in [0.15, 0.2) is 0 Å². The summed E-state index contributed by atoms with van der Waals surface area (Å²) in [6.45, 7) is 14.6. The normalized spacial score (nSPS) is 15.5. The van der Waals surface area contributed by atoms with E-state index in [1.165, 1.54) is 0 Å². The minimum Gasteiger partial charge on any atom is -0.391 e. The average molecular weight is 187 g/mol. The van der Waals surface area contributed by atoms with Gasteiger partial charge >= 0.3 is 0 Å². The Morgan fingerprint density at radius 1 is 1.15 bits per heavy atom. The molecule has 0 aliphatic heterocycles. The Morgan fingerprint density at radius 2 is 1.54 bits per heavy atom. The van der Waals surface area contributed by atoms with Crippen molar-refractivity contribution in [3.8, 4) is 0 Å². The summed E-state index contributed by atoms with van der Waals surface area (Å²) in [5.41, 5.74) is -0.113. The standard InChI is InChI=1S/C11H25NO/c1-7-12(8-2)11(5,6)10(13)9(3)4/h9-10,13H,7-8H2,1-6H3. The van der Waals surface area contributed by atoms with Gasteiger partial charge in [0, 0.05) is 5.54 Å². The lowest BCUT2D eigenvalue weighted by molar-refractivity contribution is -0.0300. The monoisotopic (exact) mass is 187 g/mol. The molecular formula is C11H25NO. The van der Waals surface area contributed by atoms with Crippen molar-refractivity contribution >= 4 is 0 Å². The van der Waals surface area contributed by atoms with Gasteiger partial charge in [-0.25, -0.2) is 0 Å². The molecule has 0 saturated carbocycles. The highest BCUT2D eigenvalue weighted by atomic mass is 16.3. The molecule has 1 unspecified atom stereocenters. The van der Waals surface area contributed by atoms with E-state index in [9.17, 15) is 5.11 Å². The summed E-state index contributed by atoms with van der Waals surface area (Å²) >= 11 is 0. The van der Waals surface area contributed by atoms with Gasteiger partial charge in [-0.1, -0.05) is 27.7 Å². The minimum atomic E-state index is -0.257. The van der Waals surface area contributed by atoms with Gasteiger partial charge in [-0.3, -0.25) is 4.90 Å². The van der Waals surface area contributed by atoms with Gasteiger partial charge in [0.05, 0.1) is 6.10 Å². The van der Waals surface area contributed by atoms with E-state index in [0.29, 0.717) is 5.92 Å². The zero-order valence-corrected chi connectivity index (χ0v) is 9.96. The first kappa shape index (κ1) is 12.9. The Kier molecular flexibility index (Phi) is 4.93. The fourth-order valence-electron chi connectivity index (χ4n) is 2.04. The third-order valence-corrected chi connectivity index (χ3v) is 2.93. The van der Waals surface area contributed by atoms with Gasteiger partial charge in [-0.05, 0) is 32.9 Å². The van der Waals surface area contributed by atoms with E-state index in [1.807, 2.05) is 0 Å². The minimum absolute atomic E-state index is 0.113. The summed E-state index contributed by atoms with van der Waals surface area (Å²) in [7, 11) is 0. The summed E-state index contributed by atoms with van der Waals surface area (Å²) < 4.78 is 0. The second-order valence-electron chi connectivity index (χ2n) is 4.51. The molecule has 2 nitrogen and oxygen atoms in total. The van der Waals surface area contributed by atoms with E-state index in [1.54, 1.807) is 0 Å². The lowest BCUT2D eigenvalue weighted by Gasteiger charge is -2.42. The first-order valence-corrected chi connectivity index (χ1v) is 5.31. The van der Waals surface area contributed by atoms with Gasteiger partial charge in [0.2, 0.25) is 0 Å². The molecule has 0 rings (SSSR count). The molecule has 0 spiro atoms. The zero-order valence-electron chi connectivity index (χ0n) is 9.96. The Hall–Kier alpha value is -0.0800. The maximum absolute atomic E-state index is 10.0. The molecule has 0 aliphatic rings. The van der Waals surface area contributed by atoms with Crippen LogP contribution in [0.2, 0.25) is 0 Å². The van der Waals surface area contributed by atoms with Crippen molar-refractivity contribution < 1.29 is 5.11 Å². The van der Waals surface area contributed by atoms with Crippen LogP contribution in [0.3, 0.4) is 0 Å². The number of nitrogens with zero attached hydrogens (tertiary/aromatic N) is 1. The van der Waals surface area contributed by atoms with Gasteiger partial charge in [0.1, 0.15) is 0 Å². The van der Waals surface area contributed by atoms with Crippen LogP contribution in [0.4, 0.5) is 0 Å². The molecule has 0 aromatic rings. The van der Waals surface area contributed by atoms with Crippen LogP contribution < -0.4 is 0 Å². The third-order valence-electron chi connectivity index (χ3n) is 2.93. The molecule has 0 radical (unpaired) electrons. The number of likely N-dealkylation sites (N-methyl/N-ethyl adjacent to an activating group) is 1. The molecule has 0 amide bonds. The van der Waals surface area contributed by atoms with Crippen molar-refractivity contribution in [3.05, 3.63) is 0 Å². The van der Waals surface area contributed by atoms with E-state index in [0.717, 1.165) is 13.1 Å². The molecule has 1 N–H and O–H groups in total. The van der Waals surface area contributed by atoms with Crippen LogP contribution in [0.1, 0.15) is 41.5 Å². The topological polar surface area (TPSA) is 23.5 Å². The molecular weight excluding hydrogens is 162 g/mol. The van der Waals surface area contributed by atoms with Crippen molar-refractivity contribution in [2.75, 3.05) is 13.1 Å². The summed E-state index contributed by atoms with van der Waals surface area (Å²) in [5, 5.41) is 10.0. The number of hydrogen-bond acceptors (Lipinski definition) is 2. The zero-order chi connectivity index (χ0) is 10.6. The maximum Gasteiger partial charge on any atom is 0.0741 e. The molecule has 0 fully saturated rings. The first-order chi connectivity index (χ1) is 5.87. The maximum atomic E-state index is 10.0. The van der Waals surface area contributed by atoms with Gasteiger partial charge in [-0.2, -0.15) is 0 Å². The molecule has 1 atom stereocenters. The average Bonchev–Trinajstić information content (AvgIpc) is 2.04. The van der Waals surface area contributed by atoms with E-state index < -0.39 is 0 Å². The van der Waals surface area contributed by atoms with Crippen molar-refractivity contribution in [2.45, 2.75) is 53.2 Å². The molecule has 80 valence electrons. The Bertz CT molecular complexity index is 135. The van der Waals surface area contributed by atoms with Crippen molar-refractivity contribution in [2.24, 2.45) is 5.92 Å². The highest BCUT2D eigenvalue weighted by Gasteiger charge is 2.34. The molecule has 0 bridgehead atoms. The third kappa shape index (κ3) is 2.96.